The maximum absolute atomic E-state index is 13.5. The number of esters is 1. The highest BCUT2D eigenvalue weighted by molar-refractivity contribution is 7.99. The van der Waals surface area contributed by atoms with Gasteiger partial charge in [0.1, 0.15) is 28.2 Å². The number of nitrogens with zero attached hydrogens (tertiary/aromatic N) is 2. The van der Waals surface area contributed by atoms with Gasteiger partial charge in [0.25, 0.3) is 0 Å². The number of likely N-dealkylation sites (tertiary alicyclic amines) is 1. The molecule has 1 saturated heterocycles. The molecule has 1 fully saturated rings. The zero-order valence-corrected chi connectivity index (χ0v) is 27.6. The molecule has 0 aromatic heterocycles. The zero-order chi connectivity index (χ0) is 32.0. The van der Waals surface area contributed by atoms with E-state index < -0.39 is 58.3 Å². The van der Waals surface area contributed by atoms with Crippen LogP contribution in [0.15, 0.2) is 43.0 Å². The number of carbonyl (C=O) groups excluding carboxylic acids is 4. The number of ether oxygens (including phenoxy) is 3. The highest BCUT2D eigenvalue weighted by Crippen LogP contribution is 2.39. The average Bonchev–Trinajstić information content (AvgIpc) is 3.19. The minimum atomic E-state index is -0.836. The van der Waals surface area contributed by atoms with Crippen LogP contribution in [-0.4, -0.2) is 68.5 Å². The summed E-state index contributed by atoms with van der Waals surface area (Å²) >= 11 is 1.39. The first-order valence-corrected chi connectivity index (χ1v) is 15.3. The monoisotopic (exact) mass is 604 g/mol. The van der Waals surface area contributed by atoms with Gasteiger partial charge in [0.15, 0.2) is 0 Å². The van der Waals surface area contributed by atoms with Gasteiger partial charge in [-0.05, 0) is 92.4 Å². The summed E-state index contributed by atoms with van der Waals surface area (Å²) in [6.45, 7) is 21.2. The molecule has 10 heteroatoms. The highest BCUT2D eigenvalue weighted by Gasteiger charge is 2.48. The van der Waals surface area contributed by atoms with E-state index in [1.54, 1.807) is 68.4 Å². The van der Waals surface area contributed by atoms with Gasteiger partial charge >= 0.3 is 18.2 Å². The van der Waals surface area contributed by atoms with Gasteiger partial charge in [0.05, 0.1) is 0 Å². The fourth-order valence-corrected chi connectivity index (χ4v) is 6.00. The van der Waals surface area contributed by atoms with E-state index in [-0.39, 0.29) is 5.92 Å². The highest BCUT2D eigenvalue weighted by atomic mass is 32.2. The quantitative estimate of drug-likeness (QED) is 0.134. The van der Waals surface area contributed by atoms with E-state index in [1.807, 2.05) is 30.3 Å². The predicted octanol–water partition coefficient (Wildman–Crippen LogP) is 7.11. The van der Waals surface area contributed by atoms with Gasteiger partial charge in [-0.1, -0.05) is 36.4 Å². The molecule has 2 rings (SSSR count). The Morgan fingerprint density at radius 3 is 1.98 bits per heavy atom. The third-order valence-electron chi connectivity index (χ3n) is 6.21. The predicted molar refractivity (Wildman–Crippen MR) is 165 cm³/mol. The first kappa shape index (κ1) is 35.2. The molecule has 4 atom stereocenters. The SMILES string of the molecule is C=C[C@@H]1C[C@H](C(=O)OC(C)(C)C)N(C(=O)OC(C)(C)C)[C@@H]1CCSC(c1ccccc1)N(C(C)=O)C(=O)OC(C)(C)C. The summed E-state index contributed by atoms with van der Waals surface area (Å²) in [5.41, 5.74) is -1.53. The summed E-state index contributed by atoms with van der Waals surface area (Å²) in [5.74, 6) is -0.692. The van der Waals surface area contributed by atoms with Gasteiger partial charge in [-0.15, -0.1) is 18.3 Å². The van der Waals surface area contributed by atoms with Crippen LogP contribution in [0.25, 0.3) is 0 Å². The van der Waals surface area contributed by atoms with Gasteiger partial charge in [-0.2, -0.15) is 0 Å². The van der Waals surface area contributed by atoms with Crippen molar-refractivity contribution in [2.24, 2.45) is 5.92 Å². The molecule has 0 aliphatic carbocycles. The van der Waals surface area contributed by atoms with E-state index in [4.69, 9.17) is 14.2 Å². The van der Waals surface area contributed by atoms with Crippen LogP contribution in [0.5, 0.6) is 0 Å². The molecule has 0 N–H and O–H groups in total. The summed E-state index contributed by atoms with van der Waals surface area (Å²) in [7, 11) is 0. The summed E-state index contributed by atoms with van der Waals surface area (Å²) in [6, 6.07) is 8.01. The fourth-order valence-electron chi connectivity index (χ4n) is 4.67. The minimum Gasteiger partial charge on any atom is -0.458 e. The van der Waals surface area contributed by atoms with E-state index in [1.165, 1.54) is 23.6 Å². The molecule has 1 aliphatic heterocycles. The van der Waals surface area contributed by atoms with Crippen LogP contribution in [0.1, 0.15) is 93.0 Å². The molecular formula is C32H48N2O7S. The largest absolute Gasteiger partial charge is 0.458 e. The van der Waals surface area contributed by atoms with Crippen LogP contribution in [0.3, 0.4) is 0 Å². The lowest BCUT2D eigenvalue weighted by molar-refractivity contribution is -0.160. The number of imide groups is 1. The summed E-state index contributed by atoms with van der Waals surface area (Å²) in [4.78, 5) is 55.3. The molecule has 1 unspecified atom stereocenters. The van der Waals surface area contributed by atoms with Crippen molar-refractivity contribution in [1.29, 1.82) is 0 Å². The van der Waals surface area contributed by atoms with Crippen LogP contribution in [0.4, 0.5) is 9.59 Å². The lowest BCUT2D eigenvalue weighted by atomic mass is 9.97. The van der Waals surface area contributed by atoms with Crippen LogP contribution < -0.4 is 0 Å². The van der Waals surface area contributed by atoms with Crippen LogP contribution in [0, 0.1) is 5.92 Å². The molecule has 1 heterocycles. The molecule has 0 bridgehead atoms. The smallest absolute Gasteiger partial charge is 0.418 e. The van der Waals surface area contributed by atoms with Crippen LogP contribution >= 0.6 is 11.8 Å². The summed E-state index contributed by atoms with van der Waals surface area (Å²) < 4.78 is 17.0. The Bertz CT molecular complexity index is 1120. The number of amides is 3. The Kier molecular flexibility index (Phi) is 11.7. The van der Waals surface area contributed by atoms with Crippen molar-refractivity contribution in [3.63, 3.8) is 0 Å². The van der Waals surface area contributed by atoms with Crippen molar-refractivity contribution in [2.75, 3.05) is 5.75 Å². The van der Waals surface area contributed by atoms with Gasteiger partial charge in [0.2, 0.25) is 5.91 Å². The minimum absolute atomic E-state index is 0.194. The van der Waals surface area contributed by atoms with Crippen LogP contribution in [-0.2, 0) is 23.8 Å². The Morgan fingerprint density at radius 2 is 1.50 bits per heavy atom. The average molecular weight is 605 g/mol. The maximum Gasteiger partial charge on any atom is 0.418 e. The second kappa shape index (κ2) is 14.0. The Morgan fingerprint density at radius 1 is 0.952 bits per heavy atom. The number of hydrogen-bond donors (Lipinski definition) is 0. The molecule has 9 nitrogen and oxygen atoms in total. The molecular weight excluding hydrogens is 556 g/mol. The number of carbonyl (C=O) groups is 4. The summed E-state index contributed by atoms with van der Waals surface area (Å²) in [6.07, 6.45) is 1.22. The van der Waals surface area contributed by atoms with Gasteiger partial charge in [0, 0.05) is 13.0 Å². The number of hydrogen-bond acceptors (Lipinski definition) is 8. The van der Waals surface area contributed by atoms with E-state index >= 15 is 0 Å². The second-order valence-corrected chi connectivity index (χ2v) is 14.6. The lowest BCUT2D eigenvalue weighted by Gasteiger charge is -2.34. The summed E-state index contributed by atoms with van der Waals surface area (Å²) in [5, 5.41) is -0.668. The number of thioether (sulfide) groups is 1. The first-order valence-electron chi connectivity index (χ1n) is 14.3. The second-order valence-electron chi connectivity index (χ2n) is 13.4. The van der Waals surface area contributed by atoms with Crippen molar-refractivity contribution in [3.8, 4) is 0 Å². The molecule has 234 valence electrons. The molecule has 1 aliphatic rings. The molecule has 1 aromatic rings. The molecule has 0 saturated carbocycles. The van der Waals surface area contributed by atoms with E-state index in [0.717, 1.165) is 10.5 Å². The third-order valence-corrected chi connectivity index (χ3v) is 7.48. The van der Waals surface area contributed by atoms with Crippen molar-refractivity contribution >= 4 is 35.8 Å². The Labute approximate surface area is 255 Å². The molecule has 0 spiro atoms. The van der Waals surface area contributed by atoms with E-state index in [0.29, 0.717) is 18.6 Å². The normalized spacial score (nSPS) is 20.0. The maximum atomic E-state index is 13.5. The number of rotatable bonds is 8. The molecule has 42 heavy (non-hydrogen) atoms. The molecule has 1 aromatic carbocycles. The van der Waals surface area contributed by atoms with Crippen LogP contribution in [0.2, 0.25) is 0 Å². The fraction of sp³-hybridized carbons (Fsp3) is 0.625. The third kappa shape index (κ3) is 10.4. The van der Waals surface area contributed by atoms with E-state index in [2.05, 4.69) is 6.58 Å². The molecule has 0 radical (unpaired) electrons. The Hall–Kier alpha value is -3.01. The van der Waals surface area contributed by atoms with Crippen molar-refractivity contribution in [2.45, 2.75) is 116 Å². The first-order chi connectivity index (χ1) is 19.2. The van der Waals surface area contributed by atoms with Gasteiger partial charge in [-0.3, -0.25) is 9.69 Å². The van der Waals surface area contributed by atoms with Crippen molar-refractivity contribution in [3.05, 3.63) is 48.6 Å². The molecule has 3 amide bonds. The van der Waals surface area contributed by atoms with Crippen molar-refractivity contribution < 1.29 is 33.4 Å². The van der Waals surface area contributed by atoms with E-state index in [9.17, 15) is 19.2 Å². The number of benzene rings is 1. The standard InChI is InChI=1S/C32H48N2O7S/c1-12-22-20-25(27(36)39-30(3,4)5)34(29(38)41-32(9,10)11)24(22)18-19-42-26(23-16-14-13-15-17-23)33(21(2)35)28(37)40-31(6,7)8/h12-17,22,24-26H,1,18-20H2,2-11H3/t22-,24-,25-,26?/m1/s1. The Balaban J connectivity index is 2.39. The van der Waals surface area contributed by atoms with Gasteiger partial charge in [-0.25, -0.2) is 19.3 Å². The zero-order valence-electron chi connectivity index (χ0n) is 26.8. The van der Waals surface area contributed by atoms with Crippen molar-refractivity contribution in [1.82, 2.24) is 9.80 Å². The topological polar surface area (TPSA) is 102 Å². The lowest BCUT2D eigenvalue weighted by Crippen LogP contribution is -2.49. The van der Waals surface area contributed by atoms with Gasteiger partial charge < -0.3 is 14.2 Å².